The summed E-state index contributed by atoms with van der Waals surface area (Å²) in [6.07, 6.45) is 3.59. The van der Waals surface area contributed by atoms with Crippen molar-refractivity contribution in [1.82, 2.24) is 5.32 Å². The van der Waals surface area contributed by atoms with Gasteiger partial charge in [-0.1, -0.05) is 59.6 Å². The summed E-state index contributed by atoms with van der Waals surface area (Å²) in [5.41, 5.74) is 9.63. The fraction of sp³-hybridized carbons (Fsp3) is 0.333. The molecule has 5 rings (SSSR count). The van der Waals surface area contributed by atoms with Gasteiger partial charge in [0.15, 0.2) is 0 Å². The van der Waals surface area contributed by atoms with E-state index in [4.69, 9.17) is 28.9 Å². The summed E-state index contributed by atoms with van der Waals surface area (Å²) in [6, 6.07) is 24.3. The molecule has 7 heteroatoms. The highest BCUT2D eigenvalue weighted by atomic mass is 35.5. The van der Waals surface area contributed by atoms with Crippen molar-refractivity contribution in [1.29, 1.82) is 0 Å². The minimum Gasteiger partial charge on any atom is -0.381 e. The molecule has 0 aromatic heterocycles. The number of carbonyl (C=O) groups is 2. The van der Waals surface area contributed by atoms with Crippen LogP contribution in [0.5, 0.6) is 0 Å². The normalized spacial score (nSPS) is 23.3. The highest BCUT2D eigenvalue weighted by Crippen LogP contribution is 2.45. The molecular formula is C30H31Cl2N3O2. The number of hydrogen-bond acceptors (Lipinski definition) is 3. The molecule has 4 atom stereocenters. The number of nitrogens with one attached hydrogen (secondary N) is 2. The van der Waals surface area contributed by atoms with Crippen molar-refractivity contribution < 1.29 is 9.59 Å². The van der Waals surface area contributed by atoms with Crippen molar-refractivity contribution in [2.24, 2.45) is 17.6 Å². The maximum absolute atomic E-state index is 12.6. The highest BCUT2D eigenvalue weighted by Gasteiger charge is 2.43. The number of fused-ring (bicyclic) bond motifs is 1. The second kappa shape index (κ2) is 11.2. The summed E-state index contributed by atoms with van der Waals surface area (Å²) < 4.78 is 0. The van der Waals surface area contributed by atoms with E-state index in [0.29, 0.717) is 18.3 Å². The molecule has 37 heavy (non-hydrogen) atoms. The van der Waals surface area contributed by atoms with Crippen LogP contribution in [0.15, 0.2) is 72.8 Å². The lowest BCUT2D eigenvalue weighted by molar-refractivity contribution is -0.125. The first kappa shape index (κ1) is 25.6. The van der Waals surface area contributed by atoms with Gasteiger partial charge in [-0.2, -0.15) is 0 Å². The molecule has 4 unspecified atom stereocenters. The molecule has 0 radical (unpaired) electrons. The second-order valence-electron chi connectivity index (χ2n) is 10.3. The van der Waals surface area contributed by atoms with E-state index in [2.05, 4.69) is 34.9 Å². The molecule has 0 spiro atoms. The molecule has 192 valence electrons. The van der Waals surface area contributed by atoms with Gasteiger partial charge in [-0.05, 0) is 78.3 Å². The standard InChI is InChI=1S/C30H31Cl2N3O2/c31-22-8-3-19(4-9-22)30(20-5-10-23(32)11-6-20)21-7-14-26-25(16-21)27(17-29(37)35-26)34-24-12-1-18(2-13-24)15-28(33)36/h1-6,8-13,21,25-27,30,34H,7,14-17H2,(H2,33,36)(H,35,37). The first-order chi connectivity index (χ1) is 17.9. The summed E-state index contributed by atoms with van der Waals surface area (Å²) in [7, 11) is 0. The molecule has 4 N–H and O–H groups in total. The van der Waals surface area contributed by atoms with Gasteiger partial charge >= 0.3 is 0 Å². The Morgan fingerprint density at radius 2 is 1.51 bits per heavy atom. The molecule has 3 aromatic carbocycles. The van der Waals surface area contributed by atoms with E-state index >= 15 is 0 Å². The first-order valence-corrected chi connectivity index (χ1v) is 13.6. The predicted molar refractivity (Wildman–Crippen MR) is 149 cm³/mol. The Labute approximate surface area is 227 Å². The Hall–Kier alpha value is -3.02. The van der Waals surface area contributed by atoms with E-state index < -0.39 is 0 Å². The third-order valence-electron chi connectivity index (χ3n) is 7.82. The fourth-order valence-corrected chi connectivity index (χ4v) is 6.40. The Kier molecular flexibility index (Phi) is 7.73. The van der Waals surface area contributed by atoms with Gasteiger partial charge in [-0.25, -0.2) is 0 Å². The van der Waals surface area contributed by atoms with Crippen molar-refractivity contribution in [2.45, 2.75) is 50.1 Å². The van der Waals surface area contributed by atoms with Gasteiger partial charge in [0.05, 0.1) is 6.42 Å². The van der Waals surface area contributed by atoms with E-state index in [0.717, 1.165) is 40.6 Å². The van der Waals surface area contributed by atoms with Gasteiger partial charge < -0.3 is 16.4 Å². The van der Waals surface area contributed by atoms with Crippen LogP contribution < -0.4 is 16.4 Å². The largest absolute Gasteiger partial charge is 0.381 e. The molecule has 2 aliphatic rings. The lowest BCUT2D eigenvalue weighted by Crippen LogP contribution is -2.56. The Morgan fingerprint density at radius 1 is 0.919 bits per heavy atom. The molecule has 1 aliphatic carbocycles. The van der Waals surface area contributed by atoms with Crippen molar-refractivity contribution in [3.63, 3.8) is 0 Å². The van der Waals surface area contributed by atoms with E-state index in [-0.39, 0.29) is 36.2 Å². The maximum atomic E-state index is 12.6. The van der Waals surface area contributed by atoms with Crippen LogP contribution in [-0.2, 0) is 16.0 Å². The number of piperidine rings is 1. The number of hydrogen-bond donors (Lipinski definition) is 3. The Balaban J connectivity index is 1.40. The number of halogens is 2. The molecule has 1 saturated heterocycles. The van der Waals surface area contributed by atoms with Crippen LogP contribution >= 0.6 is 23.2 Å². The highest BCUT2D eigenvalue weighted by molar-refractivity contribution is 6.30. The lowest BCUT2D eigenvalue weighted by Gasteiger charge is -2.46. The van der Waals surface area contributed by atoms with E-state index in [1.807, 2.05) is 48.5 Å². The van der Waals surface area contributed by atoms with Crippen LogP contribution in [0.2, 0.25) is 10.0 Å². The van der Waals surface area contributed by atoms with Crippen molar-refractivity contribution in [2.75, 3.05) is 5.32 Å². The molecule has 2 amide bonds. The average Bonchev–Trinajstić information content (AvgIpc) is 2.87. The minimum atomic E-state index is -0.350. The fourth-order valence-electron chi connectivity index (χ4n) is 6.15. The van der Waals surface area contributed by atoms with Gasteiger partial charge in [0.25, 0.3) is 0 Å². The number of primary amides is 1. The maximum Gasteiger partial charge on any atom is 0.222 e. The summed E-state index contributed by atoms with van der Waals surface area (Å²) in [6.45, 7) is 0. The van der Waals surface area contributed by atoms with Crippen molar-refractivity contribution in [3.05, 3.63) is 99.5 Å². The van der Waals surface area contributed by atoms with Crippen LogP contribution in [0.4, 0.5) is 5.69 Å². The van der Waals surface area contributed by atoms with Crippen LogP contribution in [-0.4, -0.2) is 23.9 Å². The molecule has 1 aliphatic heterocycles. The summed E-state index contributed by atoms with van der Waals surface area (Å²) in [5, 5.41) is 8.34. The van der Waals surface area contributed by atoms with Gasteiger partial charge in [-0.15, -0.1) is 0 Å². The van der Waals surface area contributed by atoms with Gasteiger partial charge in [0.1, 0.15) is 0 Å². The third-order valence-corrected chi connectivity index (χ3v) is 8.33. The quantitative estimate of drug-likeness (QED) is 0.350. The van der Waals surface area contributed by atoms with Crippen LogP contribution in [0.3, 0.4) is 0 Å². The van der Waals surface area contributed by atoms with E-state index in [1.165, 1.54) is 11.1 Å². The Morgan fingerprint density at radius 3 is 2.08 bits per heavy atom. The zero-order valence-electron chi connectivity index (χ0n) is 20.5. The van der Waals surface area contributed by atoms with Crippen molar-refractivity contribution >= 4 is 40.7 Å². The monoisotopic (exact) mass is 535 g/mol. The van der Waals surface area contributed by atoms with Crippen LogP contribution in [0.25, 0.3) is 0 Å². The number of nitrogens with two attached hydrogens (primary N) is 1. The van der Waals surface area contributed by atoms with E-state index in [1.54, 1.807) is 0 Å². The smallest absolute Gasteiger partial charge is 0.222 e. The van der Waals surface area contributed by atoms with Gasteiger partial charge in [-0.3, -0.25) is 9.59 Å². The summed E-state index contributed by atoms with van der Waals surface area (Å²) >= 11 is 12.4. The Bertz CT molecular complexity index is 1200. The topological polar surface area (TPSA) is 84.2 Å². The zero-order chi connectivity index (χ0) is 25.9. The summed E-state index contributed by atoms with van der Waals surface area (Å²) in [5.74, 6) is 0.651. The van der Waals surface area contributed by atoms with Crippen LogP contribution in [0.1, 0.15) is 48.3 Å². The zero-order valence-corrected chi connectivity index (χ0v) is 22.0. The van der Waals surface area contributed by atoms with E-state index in [9.17, 15) is 9.59 Å². The molecular weight excluding hydrogens is 505 g/mol. The number of benzene rings is 3. The average molecular weight is 537 g/mol. The van der Waals surface area contributed by atoms with Crippen molar-refractivity contribution in [3.8, 4) is 0 Å². The third kappa shape index (κ3) is 6.11. The number of rotatable bonds is 7. The molecule has 1 saturated carbocycles. The number of anilines is 1. The second-order valence-corrected chi connectivity index (χ2v) is 11.2. The predicted octanol–water partition coefficient (Wildman–Crippen LogP) is 5.94. The van der Waals surface area contributed by atoms with Gasteiger partial charge in [0.2, 0.25) is 11.8 Å². The molecule has 2 fully saturated rings. The lowest BCUT2D eigenvalue weighted by atomic mass is 9.65. The SMILES string of the molecule is NC(=O)Cc1ccc(NC2CC(=O)NC3CCC(C(c4ccc(Cl)cc4)c4ccc(Cl)cc4)CC32)cc1. The van der Waals surface area contributed by atoms with Crippen LogP contribution in [0, 0.1) is 11.8 Å². The summed E-state index contributed by atoms with van der Waals surface area (Å²) in [4.78, 5) is 23.8. The number of amides is 2. The van der Waals surface area contributed by atoms with Gasteiger partial charge in [0, 0.05) is 46.1 Å². The molecule has 3 aromatic rings. The first-order valence-electron chi connectivity index (χ1n) is 12.8. The molecule has 5 nitrogen and oxygen atoms in total. The molecule has 0 bridgehead atoms. The molecule has 1 heterocycles. The minimum absolute atomic E-state index is 0.0274. The number of carbonyl (C=O) groups excluding carboxylic acids is 2.